The Balaban J connectivity index is 1.45. The van der Waals surface area contributed by atoms with Crippen molar-refractivity contribution < 1.29 is 9.47 Å². The van der Waals surface area contributed by atoms with Crippen molar-refractivity contribution in [2.45, 2.75) is 39.8 Å². The van der Waals surface area contributed by atoms with Crippen molar-refractivity contribution in [3.63, 3.8) is 0 Å². The zero-order valence-electron chi connectivity index (χ0n) is 17.0. The molecule has 146 valence electrons. The van der Waals surface area contributed by atoms with Gasteiger partial charge in [-0.3, -0.25) is 0 Å². The molecular weight excluding hydrogens is 350 g/mol. The van der Waals surface area contributed by atoms with E-state index in [1.807, 2.05) is 17.7 Å². The van der Waals surface area contributed by atoms with E-state index >= 15 is 0 Å². The molecule has 1 aromatic heterocycles. The molecule has 0 amide bonds. The molecule has 2 heterocycles. The molecular formula is C23H27N3O2. The van der Waals surface area contributed by atoms with E-state index in [9.17, 15) is 0 Å². The predicted molar refractivity (Wildman–Crippen MR) is 110 cm³/mol. The number of rotatable bonds is 5. The second-order valence-electron chi connectivity index (χ2n) is 7.84. The number of aryl methyl sites for hydroxylation is 2. The number of fused-ring (bicyclic) bond motifs is 1. The maximum absolute atomic E-state index is 5.73. The fourth-order valence-electron chi connectivity index (χ4n) is 3.50. The smallest absolute Gasteiger partial charge is 0.161 e. The zero-order valence-corrected chi connectivity index (χ0v) is 17.0. The number of nitrogens with one attached hydrogen (secondary N) is 1. The predicted octanol–water partition coefficient (Wildman–Crippen LogP) is 4.29. The summed E-state index contributed by atoms with van der Waals surface area (Å²) in [6.45, 7) is 10.4. The van der Waals surface area contributed by atoms with Crippen molar-refractivity contribution in [1.82, 2.24) is 15.1 Å². The molecule has 0 spiro atoms. The molecule has 4 rings (SSSR count). The molecule has 1 aliphatic heterocycles. The van der Waals surface area contributed by atoms with Gasteiger partial charge in [-0.05, 0) is 69.2 Å². The number of benzene rings is 2. The van der Waals surface area contributed by atoms with E-state index in [2.05, 4.69) is 73.7 Å². The molecule has 0 bridgehead atoms. The molecule has 3 aromatic rings. The van der Waals surface area contributed by atoms with Crippen LogP contribution in [0, 0.1) is 13.8 Å². The van der Waals surface area contributed by atoms with E-state index in [1.54, 1.807) is 0 Å². The summed E-state index contributed by atoms with van der Waals surface area (Å²) in [5.74, 6) is 1.65. The summed E-state index contributed by atoms with van der Waals surface area (Å²) in [6, 6.07) is 16.8. The minimum Gasteiger partial charge on any atom is -0.486 e. The first-order valence-corrected chi connectivity index (χ1v) is 9.70. The highest BCUT2D eigenvalue weighted by atomic mass is 16.6. The Morgan fingerprint density at radius 1 is 0.964 bits per heavy atom. The number of nitrogens with zero attached hydrogens (tertiary/aromatic N) is 2. The Morgan fingerprint density at radius 3 is 2.36 bits per heavy atom. The lowest BCUT2D eigenvalue weighted by atomic mass is 9.93. The molecule has 1 aliphatic rings. The second-order valence-corrected chi connectivity index (χ2v) is 7.84. The summed E-state index contributed by atoms with van der Waals surface area (Å²) in [5.41, 5.74) is 5.48. The number of aromatic nitrogens is 2. The van der Waals surface area contributed by atoms with Crippen molar-refractivity contribution >= 4 is 0 Å². The molecule has 0 unspecified atom stereocenters. The van der Waals surface area contributed by atoms with Gasteiger partial charge in [0.05, 0.1) is 11.4 Å². The van der Waals surface area contributed by atoms with Crippen molar-refractivity contribution in [3.8, 4) is 17.2 Å². The number of hydrogen-bond donors (Lipinski definition) is 1. The van der Waals surface area contributed by atoms with Gasteiger partial charge in [-0.1, -0.05) is 18.2 Å². The molecule has 5 heteroatoms. The molecule has 1 N–H and O–H groups in total. The van der Waals surface area contributed by atoms with Crippen LogP contribution in [0.1, 0.15) is 36.4 Å². The summed E-state index contributed by atoms with van der Waals surface area (Å²) in [6.07, 6.45) is 0. The van der Waals surface area contributed by atoms with Crippen LogP contribution in [0.25, 0.3) is 5.69 Å². The highest BCUT2D eigenvalue weighted by Gasteiger charge is 2.22. The molecule has 2 aromatic carbocycles. The Morgan fingerprint density at radius 2 is 1.68 bits per heavy atom. The molecule has 28 heavy (non-hydrogen) atoms. The van der Waals surface area contributed by atoms with Gasteiger partial charge in [-0.25, -0.2) is 4.68 Å². The lowest BCUT2D eigenvalue weighted by molar-refractivity contribution is 0.171. The van der Waals surface area contributed by atoms with Crippen molar-refractivity contribution in [2.24, 2.45) is 0 Å². The van der Waals surface area contributed by atoms with Crippen LogP contribution in [0.5, 0.6) is 11.5 Å². The minimum atomic E-state index is -0.190. The fraction of sp³-hybridized carbons (Fsp3) is 0.348. The van der Waals surface area contributed by atoms with Crippen LogP contribution in [0.15, 0.2) is 48.5 Å². The van der Waals surface area contributed by atoms with Gasteiger partial charge in [0.1, 0.15) is 13.2 Å². The third-order valence-electron chi connectivity index (χ3n) is 5.19. The van der Waals surface area contributed by atoms with E-state index in [1.165, 1.54) is 11.1 Å². The molecule has 0 saturated carbocycles. The highest BCUT2D eigenvalue weighted by molar-refractivity contribution is 5.45. The molecule has 0 atom stereocenters. The van der Waals surface area contributed by atoms with Crippen LogP contribution < -0.4 is 14.8 Å². The fourth-order valence-corrected chi connectivity index (χ4v) is 3.50. The van der Waals surface area contributed by atoms with Crippen LogP contribution in [0.3, 0.4) is 0 Å². The molecule has 0 saturated heterocycles. The first-order chi connectivity index (χ1) is 13.4. The van der Waals surface area contributed by atoms with Gasteiger partial charge in [0, 0.05) is 17.8 Å². The van der Waals surface area contributed by atoms with E-state index < -0.39 is 0 Å². The largest absolute Gasteiger partial charge is 0.486 e. The monoisotopic (exact) mass is 377 g/mol. The lowest BCUT2D eigenvalue weighted by Crippen LogP contribution is -2.36. The maximum Gasteiger partial charge on any atom is 0.161 e. The topological polar surface area (TPSA) is 48.3 Å². The van der Waals surface area contributed by atoms with E-state index in [-0.39, 0.29) is 5.54 Å². The SMILES string of the molecule is Cc1cc(C)n(-c2ccc(CNC(C)(C)c3ccc4c(c3)OCCO4)cc2)n1. The van der Waals surface area contributed by atoms with Gasteiger partial charge in [0.2, 0.25) is 0 Å². The average Bonchev–Trinajstić information content (AvgIpc) is 3.04. The van der Waals surface area contributed by atoms with Gasteiger partial charge in [0.25, 0.3) is 0 Å². The summed E-state index contributed by atoms with van der Waals surface area (Å²) >= 11 is 0. The summed E-state index contributed by atoms with van der Waals surface area (Å²) < 4.78 is 13.3. The third-order valence-corrected chi connectivity index (χ3v) is 5.19. The molecule has 0 fully saturated rings. The van der Waals surface area contributed by atoms with Gasteiger partial charge < -0.3 is 14.8 Å². The standard InChI is InChI=1S/C23H27N3O2/c1-16-13-17(2)26(25-16)20-8-5-18(6-9-20)15-24-23(3,4)19-7-10-21-22(14-19)28-12-11-27-21/h5-10,13-14,24H,11-12,15H2,1-4H3. The van der Waals surface area contributed by atoms with Crippen LogP contribution in [0.4, 0.5) is 0 Å². The minimum absolute atomic E-state index is 0.190. The lowest BCUT2D eigenvalue weighted by Gasteiger charge is -2.29. The Labute approximate surface area is 166 Å². The van der Waals surface area contributed by atoms with Gasteiger partial charge in [-0.15, -0.1) is 0 Å². The maximum atomic E-state index is 5.73. The van der Waals surface area contributed by atoms with Crippen LogP contribution in [-0.4, -0.2) is 23.0 Å². The summed E-state index contributed by atoms with van der Waals surface area (Å²) in [5, 5.41) is 8.20. The normalized spacial score (nSPS) is 13.6. The molecule has 0 aliphatic carbocycles. The van der Waals surface area contributed by atoms with E-state index in [4.69, 9.17) is 9.47 Å². The zero-order chi connectivity index (χ0) is 19.7. The quantitative estimate of drug-likeness (QED) is 0.721. The first kappa shape index (κ1) is 18.6. The van der Waals surface area contributed by atoms with Crippen molar-refractivity contribution in [2.75, 3.05) is 13.2 Å². The van der Waals surface area contributed by atoms with Crippen LogP contribution in [-0.2, 0) is 12.1 Å². The Bertz CT molecular complexity index is 974. The van der Waals surface area contributed by atoms with Gasteiger partial charge in [-0.2, -0.15) is 5.10 Å². The Hall–Kier alpha value is -2.79. The average molecular weight is 377 g/mol. The Kier molecular flexibility index (Phi) is 4.85. The summed E-state index contributed by atoms with van der Waals surface area (Å²) in [7, 11) is 0. The highest BCUT2D eigenvalue weighted by Crippen LogP contribution is 2.34. The number of ether oxygens (including phenoxy) is 2. The third kappa shape index (κ3) is 3.76. The molecule has 5 nitrogen and oxygen atoms in total. The second kappa shape index (κ2) is 7.32. The van der Waals surface area contributed by atoms with Crippen LogP contribution in [0.2, 0.25) is 0 Å². The molecule has 0 radical (unpaired) electrons. The van der Waals surface area contributed by atoms with Crippen molar-refractivity contribution in [1.29, 1.82) is 0 Å². The van der Waals surface area contributed by atoms with Crippen LogP contribution >= 0.6 is 0 Å². The number of hydrogen-bond acceptors (Lipinski definition) is 4. The van der Waals surface area contributed by atoms with E-state index in [0.717, 1.165) is 35.1 Å². The van der Waals surface area contributed by atoms with Gasteiger partial charge in [0.15, 0.2) is 11.5 Å². The summed E-state index contributed by atoms with van der Waals surface area (Å²) in [4.78, 5) is 0. The van der Waals surface area contributed by atoms with Gasteiger partial charge >= 0.3 is 0 Å². The van der Waals surface area contributed by atoms with Crippen molar-refractivity contribution in [3.05, 3.63) is 71.0 Å². The van der Waals surface area contributed by atoms with E-state index in [0.29, 0.717) is 13.2 Å². The first-order valence-electron chi connectivity index (χ1n) is 9.70.